The number of aromatic nitrogens is 3. The van der Waals surface area contributed by atoms with Crippen molar-refractivity contribution in [3.8, 4) is 11.6 Å². The minimum atomic E-state index is -0.849. The number of nitrogens with zero attached hydrogens (tertiary/aromatic N) is 3. The van der Waals surface area contributed by atoms with Gasteiger partial charge >= 0.3 is 0 Å². The number of ether oxygens (including phenoxy) is 1. The molecule has 0 aliphatic rings. The summed E-state index contributed by atoms with van der Waals surface area (Å²) in [5.41, 5.74) is 1.49. The lowest BCUT2D eigenvalue weighted by Gasteiger charge is -2.07. The van der Waals surface area contributed by atoms with Gasteiger partial charge in [-0.05, 0) is 37.3 Å². The number of benzene rings is 1. The van der Waals surface area contributed by atoms with Crippen molar-refractivity contribution < 1.29 is 19.0 Å². The van der Waals surface area contributed by atoms with Gasteiger partial charge in [-0.3, -0.25) is 4.79 Å². The largest absolute Gasteiger partial charge is 0.505 e. The second kappa shape index (κ2) is 6.53. The number of aromatic hydroxyl groups is 1. The molecule has 1 amide bonds. The van der Waals surface area contributed by atoms with Gasteiger partial charge in [0.05, 0.1) is 24.2 Å². The molecule has 2 aromatic heterocycles. The van der Waals surface area contributed by atoms with E-state index in [0.717, 1.165) is 12.1 Å². The van der Waals surface area contributed by atoms with Gasteiger partial charge in [-0.15, -0.1) is 9.73 Å². The Morgan fingerprint density at radius 2 is 2.25 bits per heavy atom. The minimum absolute atomic E-state index is 0.109. The van der Waals surface area contributed by atoms with Crippen LogP contribution in [0.1, 0.15) is 22.8 Å². The molecule has 0 aliphatic heterocycles. The number of hydrogen-bond acceptors (Lipinski definition) is 5. The number of carbonyl (C=O) groups excluding carboxylic acids is 1. The maximum Gasteiger partial charge on any atom is 0.251 e. The summed E-state index contributed by atoms with van der Waals surface area (Å²) in [6.45, 7) is 2.40. The van der Waals surface area contributed by atoms with Gasteiger partial charge in [-0.25, -0.2) is 4.39 Å². The van der Waals surface area contributed by atoms with Crippen molar-refractivity contribution in [2.24, 2.45) is 0 Å². The molecule has 0 fully saturated rings. The van der Waals surface area contributed by atoms with Gasteiger partial charge in [0.15, 0.2) is 11.6 Å². The fourth-order valence-electron chi connectivity index (χ4n) is 2.26. The highest BCUT2D eigenvalue weighted by Crippen LogP contribution is 2.22. The highest BCUT2D eigenvalue weighted by atomic mass is 19.1. The molecule has 24 heavy (non-hydrogen) atoms. The van der Waals surface area contributed by atoms with Crippen LogP contribution in [-0.2, 0) is 6.54 Å². The fourth-order valence-corrected chi connectivity index (χ4v) is 2.26. The van der Waals surface area contributed by atoms with E-state index in [-0.39, 0.29) is 12.1 Å². The first-order valence-electron chi connectivity index (χ1n) is 7.32. The number of amides is 1. The number of carbonyl (C=O) groups is 1. The standard InChI is InChI=1S/C16H15FN4O3/c1-2-24-16-11(13-4-3-7-19-21(13)20-16)9-18-15(23)10-5-6-14(22)12(17)8-10/h3-8,22H,2,9H2,1H3,(H,18,23). The number of fused-ring (bicyclic) bond motifs is 1. The maximum atomic E-state index is 13.4. The molecule has 7 nitrogen and oxygen atoms in total. The second-order valence-corrected chi connectivity index (χ2v) is 4.96. The number of rotatable bonds is 5. The van der Waals surface area contributed by atoms with Crippen molar-refractivity contribution in [1.29, 1.82) is 0 Å². The third-order valence-electron chi connectivity index (χ3n) is 3.40. The predicted molar refractivity (Wildman–Crippen MR) is 83.4 cm³/mol. The topological polar surface area (TPSA) is 88.8 Å². The Morgan fingerprint density at radius 1 is 1.42 bits per heavy atom. The van der Waals surface area contributed by atoms with Gasteiger partial charge in [0.1, 0.15) is 0 Å². The number of phenolic OH excluding ortho intramolecular Hbond substituents is 1. The van der Waals surface area contributed by atoms with Crippen LogP contribution in [0.25, 0.3) is 5.52 Å². The van der Waals surface area contributed by atoms with E-state index < -0.39 is 17.5 Å². The Hall–Kier alpha value is -3.16. The summed E-state index contributed by atoms with van der Waals surface area (Å²) in [5.74, 6) is -1.44. The number of hydrogen-bond donors (Lipinski definition) is 2. The Kier molecular flexibility index (Phi) is 4.28. The summed E-state index contributed by atoms with van der Waals surface area (Å²) in [6.07, 6.45) is 1.59. The molecule has 8 heteroatoms. The highest BCUT2D eigenvalue weighted by molar-refractivity contribution is 5.94. The van der Waals surface area contributed by atoms with Crippen molar-refractivity contribution in [2.75, 3.05) is 6.61 Å². The number of phenols is 1. The summed E-state index contributed by atoms with van der Waals surface area (Å²) in [7, 11) is 0. The fraction of sp³-hybridized carbons (Fsp3) is 0.188. The third-order valence-corrected chi connectivity index (χ3v) is 3.40. The molecule has 0 bridgehead atoms. The molecular weight excluding hydrogens is 315 g/mol. The first-order valence-corrected chi connectivity index (χ1v) is 7.32. The molecule has 1 aromatic carbocycles. The van der Waals surface area contributed by atoms with E-state index in [4.69, 9.17) is 4.74 Å². The first kappa shape index (κ1) is 15.7. The van der Waals surface area contributed by atoms with E-state index >= 15 is 0 Å². The average molecular weight is 330 g/mol. The van der Waals surface area contributed by atoms with Crippen LogP contribution in [0.3, 0.4) is 0 Å². The molecular formula is C16H15FN4O3. The molecule has 124 valence electrons. The number of nitrogens with one attached hydrogen (secondary N) is 1. The molecule has 2 N–H and O–H groups in total. The monoisotopic (exact) mass is 330 g/mol. The Morgan fingerprint density at radius 3 is 3.00 bits per heavy atom. The van der Waals surface area contributed by atoms with Crippen LogP contribution >= 0.6 is 0 Å². The van der Waals surface area contributed by atoms with Crippen molar-refractivity contribution >= 4 is 11.4 Å². The summed E-state index contributed by atoms with van der Waals surface area (Å²) in [5, 5.41) is 20.2. The summed E-state index contributed by atoms with van der Waals surface area (Å²) >= 11 is 0. The molecule has 2 heterocycles. The summed E-state index contributed by atoms with van der Waals surface area (Å²) in [6, 6.07) is 7.02. The summed E-state index contributed by atoms with van der Waals surface area (Å²) < 4.78 is 20.3. The number of halogens is 1. The Balaban J connectivity index is 1.83. The van der Waals surface area contributed by atoms with Crippen LogP contribution < -0.4 is 10.1 Å². The van der Waals surface area contributed by atoms with E-state index in [9.17, 15) is 14.3 Å². The van der Waals surface area contributed by atoms with Crippen molar-refractivity contribution in [3.05, 3.63) is 53.5 Å². The van der Waals surface area contributed by atoms with Gasteiger partial charge in [0, 0.05) is 11.8 Å². The van der Waals surface area contributed by atoms with Crippen LogP contribution in [0.5, 0.6) is 11.6 Å². The quantitative estimate of drug-likeness (QED) is 0.746. The zero-order valence-corrected chi connectivity index (χ0v) is 12.9. The molecule has 3 aromatic rings. The van der Waals surface area contributed by atoms with E-state index in [1.54, 1.807) is 12.3 Å². The highest BCUT2D eigenvalue weighted by Gasteiger charge is 2.16. The van der Waals surface area contributed by atoms with E-state index in [2.05, 4.69) is 15.5 Å². The van der Waals surface area contributed by atoms with Gasteiger partial charge in [-0.2, -0.15) is 5.10 Å². The minimum Gasteiger partial charge on any atom is -0.505 e. The molecule has 0 spiro atoms. The first-order chi connectivity index (χ1) is 11.6. The van der Waals surface area contributed by atoms with Crippen LogP contribution in [0.4, 0.5) is 4.39 Å². The maximum absolute atomic E-state index is 13.4. The SMILES string of the molecule is CCOc1nn2ncccc2c1CNC(=O)c1ccc(O)c(F)c1. The summed E-state index contributed by atoms with van der Waals surface area (Å²) in [4.78, 5) is 12.2. The predicted octanol–water partition coefficient (Wildman–Crippen LogP) is 1.90. The zero-order valence-electron chi connectivity index (χ0n) is 12.9. The third kappa shape index (κ3) is 2.98. The van der Waals surface area contributed by atoms with Gasteiger partial charge in [0.2, 0.25) is 5.88 Å². The Labute approximate surface area is 136 Å². The molecule has 0 aliphatic carbocycles. The molecule has 0 unspecified atom stereocenters. The molecule has 3 rings (SSSR count). The lowest BCUT2D eigenvalue weighted by Crippen LogP contribution is -2.23. The van der Waals surface area contributed by atoms with Crippen LogP contribution in [0.2, 0.25) is 0 Å². The zero-order chi connectivity index (χ0) is 17.1. The van der Waals surface area contributed by atoms with E-state index in [0.29, 0.717) is 23.6 Å². The van der Waals surface area contributed by atoms with E-state index in [1.807, 2.05) is 13.0 Å². The van der Waals surface area contributed by atoms with Crippen LogP contribution in [0.15, 0.2) is 36.5 Å². The van der Waals surface area contributed by atoms with Crippen LogP contribution in [-0.4, -0.2) is 32.4 Å². The lowest BCUT2D eigenvalue weighted by molar-refractivity contribution is 0.0950. The van der Waals surface area contributed by atoms with Crippen LogP contribution in [0, 0.1) is 5.82 Å². The van der Waals surface area contributed by atoms with Gasteiger partial charge in [0.25, 0.3) is 5.91 Å². The molecule has 0 saturated heterocycles. The lowest BCUT2D eigenvalue weighted by atomic mass is 10.2. The van der Waals surface area contributed by atoms with Gasteiger partial charge < -0.3 is 15.2 Å². The molecule has 0 radical (unpaired) electrons. The van der Waals surface area contributed by atoms with Crippen molar-refractivity contribution in [3.63, 3.8) is 0 Å². The van der Waals surface area contributed by atoms with Gasteiger partial charge in [-0.1, -0.05) is 0 Å². The average Bonchev–Trinajstić information content (AvgIpc) is 2.93. The molecule has 0 atom stereocenters. The van der Waals surface area contributed by atoms with E-state index in [1.165, 1.54) is 10.7 Å². The van der Waals surface area contributed by atoms with Crippen molar-refractivity contribution in [2.45, 2.75) is 13.5 Å². The van der Waals surface area contributed by atoms with Crippen molar-refractivity contribution in [1.82, 2.24) is 20.1 Å². The smallest absolute Gasteiger partial charge is 0.251 e. The second-order valence-electron chi connectivity index (χ2n) is 4.96. The molecule has 0 saturated carbocycles. The normalized spacial score (nSPS) is 10.8. The Bertz CT molecular complexity index is 894.